The summed E-state index contributed by atoms with van der Waals surface area (Å²) < 4.78 is 1.42. The maximum atomic E-state index is 11.8. The molecule has 1 aromatic carbocycles. The molecule has 3 nitrogen and oxygen atoms in total. The van der Waals surface area contributed by atoms with Crippen LogP contribution in [0.25, 0.3) is 11.3 Å². The van der Waals surface area contributed by atoms with E-state index in [1.54, 1.807) is 24.9 Å². The summed E-state index contributed by atoms with van der Waals surface area (Å²) in [5.74, 6) is 0. The first-order valence-electron chi connectivity index (χ1n) is 6.19. The lowest BCUT2D eigenvalue weighted by Crippen LogP contribution is -2.20. The topological polar surface area (TPSA) is 34.9 Å². The van der Waals surface area contributed by atoms with E-state index in [-0.39, 0.29) is 10.3 Å². The van der Waals surface area contributed by atoms with E-state index in [0.717, 1.165) is 16.2 Å². The van der Waals surface area contributed by atoms with E-state index < -0.39 is 0 Å². The van der Waals surface area contributed by atoms with Crippen LogP contribution in [0.3, 0.4) is 0 Å². The molecule has 0 saturated carbocycles. The zero-order chi connectivity index (χ0) is 14.0. The van der Waals surface area contributed by atoms with Crippen LogP contribution in [0.5, 0.6) is 0 Å². The van der Waals surface area contributed by atoms with E-state index in [0.29, 0.717) is 0 Å². The van der Waals surface area contributed by atoms with Crippen molar-refractivity contribution in [3.63, 3.8) is 0 Å². The molecule has 19 heavy (non-hydrogen) atoms. The van der Waals surface area contributed by atoms with Crippen LogP contribution in [0.15, 0.2) is 46.1 Å². The van der Waals surface area contributed by atoms with Gasteiger partial charge in [0.05, 0.1) is 0 Å². The van der Waals surface area contributed by atoms with Gasteiger partial charge in [0.15, 0.2) is 0 Å². The molecule has 0 saturated heterocycles. The number of benzene rings is 1. The van der Waals surface area contributed by atoms with Crippen molar-refractivity contribution >= 4 is 11.8 Å². The fraction of sp³-hybridized carbons (Fsp3) is 0.333. The van der Waals surface area contributed by atoms with Gasteiger partial charge in [-0.2, -0.15) is 5.10 Å². The standard InChI is InChI=1S/C15H18N2OS/c1-15(2,3)19-12-10-13(18)17(4)16-14(12)11-8-6-5-7-9-11/h5-10H,1-4H3. The molecule has 2 rings (SSSR count). The van der Waals surface area contributed by atoms with E-state index in [4.69, 9.17) is 0 Å². The van der Waals surface area contributed by atoms with Crippen LogP contribution >= 0.6 is 11.8 Å². The number of rotatable bonds is 2. The van der Waals surface area contributed by atoms with Gasteiger partial charge in [-0.3, -0.25) is 4.79 Å². The minimum absolute atomic E-state index is 0.0393. The van der Waals surface area contributed by atoms with Crippen molar-refractivity contribution in [3.8, 4) is 11.3 Å². The highest BCUT2D eigenvalue weighted by Crippen LogP contribution is 2.36. The summed E-state index contributed by atoms with van der Waals surface area (Å²) >= 11 is 1.67. The smallest absolute Gasteiger partial charge is 0.267 e. The van der Waals surface area contributed by atoms with Gasteiger partial charge in [-0.15, -0.1) is 11.8 Å². The highest BCUT2D eigenvalue weighted by molar-refractivity contribution is 8.00. The van der Waals surface area contributed by atoms with Gasteiger partial charge in [0.1, 0.15) is 5.69 Å². The lowest BCUT2D eigenvalue weighted by atomic mass is 10.1. The predicted molar refractivity (Wildman–Crippen MR) is 80.5 cm³/mol. The Morgan fingerprint density at radius 3 is 2.37 bits per heavy atom. The molecule has 4 heteroatoms. The van der Waals surface area contributed by atoms with Gasteiger partial charge in [-0.1, -0.05) is 51.1 Å². The van der Waals surface area contributed by atoms with Crippen molar-refractivity contribution < 1.29 is 0 Å². The molecule has 0 spiro atoms. The van der Waals surface area contributed by atoms with Crippen LogP contribution in [-0.2, 0) is 7.05 Å². The van der Waals surface area contributed by atoms with Gasteiger partial charge in [0, 0.05) is 28.3 Å². The van der Waals surface area contributed by atoms with Crippen molar-refractivity contribution in [3.05, 3.63) is 46.8 Å². The summed E-state index contributed by atoms with van der Waals surface area (Å²) in [5.41, 5.74) is 1.82. The molecule has 0 aliphatic rings. The summed E-state index contributed by atoms with van der Waals surface area (Å²) in [6.07, 6.45) is 0. The molecular weight excluding hydrogens is 256 g/mol. The number of aryl methyl sites for hydroxylation is 1. The van der Waals surface area contributed by atoms with Gasteiger partial charge >= 0.3 is 0 Å². The zero-order valence-electron chi connectivity index (χ0n) is 11.7. The van der Waals surface area contributed by atoms with E-state index in [1.165, 1.54) is 4.68 Å². The Hall–Kier alpha value is -1.55. The van der Waals surface area contributed by atoms with E-state index in [9.17, 15) is 4.79 Å². The van der Waals surface area contributed by atoms with Gasteiger partial charge < -0.3 is 0 Å². The number of aromatic nitrogens is 2. The molecule has 0 radical (unpaired) electrons. The minimum Gasteiger partial charge on any atom is -0.268 e. The maximum absolute atomic E-state index is 11.8. The molecule has 0 fully saturated rings. The average Bonchev–Trinajstić information content (AvgIpc) is 2.33. The predicted octanol–water partition coefficient (Wildman–Crippen LogP) is 3.34. The monoisotopic (exact) mass is 274 g/mol. The van der Waals surface area contributed by atoms with Crippen molar-refractivity contribution in [1.29, 1.82) is 0 Å². The Balaban J connectivity index is 2.59. The Labute approximate surface area is 117 Å². The molecular formula is C15H18N2OS. The molecule has 0 N–H and O–H groups in total. The minimum atomic E-state index is -0.0774. The van der Waals surface area contributed by atoms with Crippen LogP contribution in [0, 0.1) is 0 Å². The van der Waals surface area contributed by atoms with Crippen molar-refractivity contribution in [1.82, 2.24) is 9.78 Å². The highest BCUT2D eigenvalue weighted by Gasteiger charge is 2.17. The first-order valence-corrected chi connectivity index (χ1v) is 7.01. The number of nitrogens with zero attached hydrogens (tertiary/aromatic N) is 2. The molecule has 1 aromatic heterocycles. The molecule has 0 unspecified atom stereocenters. The van der Waals surface area contributed by atoms with Crippen LogP contribution in [0.1, 0.15) is 20.8 Å². The molecule has 0 atom stereocenters. The molecule has 100 valence electrons. The molecule has 2 aromatic rings. The fourth-order valence-corrected chi connectivity index (χ4v) is 2.80. The van der Waals surface area contributed by atoms with Crippen molar-refractivity contribution in [2.45, 2.75) is 30.4 Å². The van der Waals surface area contributed by atoms with Crippen molar-refractivity contribution in [2.24, 2.45) is 7.05 Å². The first-order chi connectivity index (χ1) is 8.87. The maximum Gasteiger partial charge on any atom is 0.267 e. The molecule has 0 aliphatic carbocycles. The van der Waals surface area contributed by atoms with E-state index in [2.05, 4.69) is 25.9 Å². The van der Waals surface area contributed by atoms with Gasteiger partial charge in [0.25, 0.3) is 5.56 Å². The van der Waals surface area contributed by atoms with Gasteiger partial charge in [0.2, 0.25) is 0 Å². The second-order valence-corrected chi connectivity index (χ2v) is 7.27. The summed E-state index contributed by atoms with van der Waals surface area (Å²) in [4.78, 5) is 12.7. The Kier molecular flexibility index (Phi) is 3.80. The number of hydrogen-bond donors (Lipinski definition) is 0. The third kappa shape index (κ3) is 3.47. The van der Waals surface area contributed by atoms with Crippen LogP contribution in [-0.4, -0.2) is 14.5 Å². The second-order valence-electron chi connectivity index (χ2n) is 5.40. The third-order valence-electron chi connectivity index (χ3n) is 2.52. The normalized spacial score (nSPS) is 11.6. The number of hydrogen-bond acceptors (Lipinski definition) is 3. The van der Waals surface area contributed by atoms with Crippen molar-refractivity contribution in [2.75, 3.05) is 0 Å². The second kappa shape index (κ2) is 5.21. The largest absolute Gasteiger partial charge is 0.268 e. The average molecular weight is 274 g/mol. The van der Waals surface area contributed by atoms with Gasteiger partial charge in [-0.05, 0) is 0 Å². The van der Waals surface area contributed by atoms with E-state index in [1.807, 2.05) is 30.3 Å². The third-order valence-corrected chi connectivity index (χ3v) is 3.66. The van der Waals surface area contributed by atoms with E-state index >= 15 is 0 Å². The quantitative estimate of drug-likeness (QED) is 0.788. The Morgan fingerprint density at radius 1 is 1.16 bits per heavy atom. The number of thioether (sulfide) groups is 1. The summed E-state index contributed by atoms with van der Waals surface area (Å²) in [6.45, 7) is 6.39. The summed E-state index contributed by atoms with van der Waals surface area (Å²) in [7, 11) is 1.68. The fourth-order valence-electron chi connectivity index (χ4n) is 1.73. The van der Waals surface area contributed by atoms with Crippen LogP contribution < -0.4 is 5.56 Å². The first kappa shape index (κ1) is 13.9. The van der Waals surface area contributed by atoms with Crippen LogP contribution in [0.2, 0.25) is 0 Å². The Morgan fingerprint density at radius 2 is 1.79 bits per heavy atom. The lowest BCUT2D eigenvalue weighted by molar-refractivity contribution is 0.700. The lowest BCUT2D eigenvalue weighted by Gasteiger charge is -2.19. The van der Waals surface area contributed by atoms with Crippen LogP contribution in [0.4, 0.5) is 0 Å². The molecule has 1 heterocycles. The SMILES string of the molecule is Cn1nc(-c2ccccc2)c(SC(C)(C)C)cc1=O. The zero-order valence-corrected chi connectivity index (χ0v) is 12.5. The highest BCUT2D eigenvalue weighted by atomic mass is 32.2. The van der Waals surface area contributed by atoms with Gasteiger partial charge in [-0.25, -0.2) is 4.68 Å². The Bertz CT molecular complexity index is 627. The molecule has 0 amide bonds. The molecule has 0 bridgehead atoms. The molecule has 0 aliphatic heterocycles. The summed E-state index contributed by atoms with van der Waals surface area (Å²) in [6, 6.07) is 11.6. The summed E-state index contributed by atoms with van der Waals surface area (Å²) in [5, 5.41) is 4.41.